The lowest BCUT2D eigenvalue weighted by Gasteiger charge is -2.06. The summed E-state index contributed by atoms with van der Waals surface area (Å²) in [6.07, 6.45) is 2.35. The zero-order chi connectivity index (χ0) is 10.7. The van der Waals surface area contributed by atoms with E-state index in [4.69, 9.17) is 5.73 Å². The van der Waals surface area contributed by atoms with E-state index in [9.17, 15) is 0 Å². The zero-order valence-corrected chi connectivity index (χ0v) is 8.72. The van der Waals surface area contributed by atoms with Crippen LogP contribution in [0.15, 0.2) is 30.6 Å². The van der Waals surface area contributed by atoms with Crippen molar-refractivity contribution in [2.75, 3.05) is 0 Å². The van der Waals surface area contributed by atoms with Gasteiger partial charge in [0.25, 0.3) is 0 Å². The van der Waals surface area contributed by atoms with E-state index in [2.05, 4.69) is 16.1 Å². The van der Waals surface area contributed by atoms with E-state index < -0.39 is 0 Å². The lowest BCUT2D eigenvalue weighted by atomic mass is 10.0. The first-order valence-electron chi connectivity index (χ1n) is 4.91. The summed E-state index contributed by atoms with van der Waals surface area (Å²) in [5, 5.41) is 4.04. The maximum Gasteiger partial charge on any atom is 0.138 e. The topological polar surface area (TPSA) is 56.7 Å². The van der Waals surface area contributed by atoms with Gasteiger partial charge in [0.15, 0.2) is 0 Å². The second-order valence-corrected chi connectivity index (χ2v) is 3.45. The van der Waals surface area contributed by atoms with Crippen molar-refractivity contribution in [3.8, 4) is 0 Å². The number of nitrogens with two attached hydrogens (primary N) is 1. The average Bonchev–Trinajstić information content (AvgIpc) is 2.65. The summed E-state index contributed by atoms with van der Waals surface area (Å²) >= 11 is 0. The number of hydrogen-bond donors (Lipinski definition) is 1. The van der Waals surface area contributed by atoms with Crippen molar-refractivity contribution >= 4 is 0 Å². The molecule has 2 N–H and O–H groups in total. The Bertz CT molecular complexity index is 447. The summed E-state index contributed by atoms with van der Waals surface area (Å²) < 4.78 is 1.79. The summed E-state index contributed by atoms with van der Waals surface area (Å²) in [6, 6.07) is 8.15. The molecule has 0 atom stereocenters. The first kappa shape index (κ1) is 9.86. The summed E-state index contributed by atoms with van der Waals surface area (Å²) in [5.74, 6) is 0.955. The third-order valence-corrected chi connectivity index (χ3v) is 2.49. The molecular weight excluding hydrogens is 188 g/mol. The van der Waals surface area contributed by atoms with Crippen molar-refractivity contribution in [1.82, 2.24) is 14.8 Å². The molecule has 4 heteroatoms. The molecule has 0 aliphatic heterocycles. The molecule has 2 rings (SSSR count). The fraction of sp³-hybridized carbons (Fsp3) is 0.273. The van der Waals surface area contributed by atoms with Crippen LogP contribution >= 0.6 is 0 Å². The van der Waals surface area contributed by atoms with Gasteiger partial charge in [-0.3, -0.25) is 4.68 Å². The van der Waals surface area contributed by atoms with Gasteiger partial charge in [0.1, 0.15) is 12.2 Å². The van der Waals surface area contributed by atoms with Crippen LogP contribution in [0.1, 0.15) is 17.0 Å². The molecule has 2 aromatic rings. The van der Waals surface area contributed by atoms with E-state index in [1.54, 1.807) is 11.0 Å². The molecule has 15 heavy (non-hydrogen) atoms. The molecule has 0 saturated carbocycles. The molecule has 0 aliphatic carbocycles. The monoisotopic (exact) mass is 202 g/mol. The molecule has 4 nitrogen and oxygen atoms in total. The minimum Gasteiger partial charge on any atom is -0.326 e. The molecule has 1 aromatic carbocycles. The van der Waals surface area contributed by atoms with E-state index in [0.717, 1.165) is 12.2 Å². The van der Waals surface area contributed by atoms with E-state index in [1.165, 1.54) is 11.1 Å². The van der Waals surface area contributed by atoms with Gasteiger partial charge in [0.2, 0.25) is 0 Å². The second-order valence-electron chi connectivity index (χ2n) is 3.45. The van der Waals surface area contributed by atoms with Crippen molar-refractivity contribution in [3.63, 3.8) is 0 Å². The minimum absolute atomic E-state index is 0.564. The van der Waals surface area contributed by atoms with E-state index in [0.29, 0.717) is 6.54 Å². The molecular formula is C11H14N4. The van der Waals surface area contributed by atoms with Crippen LogP contribution < -0.4 is 5.73 Å². The maximum absolute atomic E-state index is 5.67. The van der Waals surface area contributed by atoms with Gasteiger partial charge < -0.3 is 5.73 Å². The Hall–Kier alpha value is -1.68. The second kappa shape index (κ2) is 4.23. The Kier molecular flexibility index (Phi) is 2.78. The number of aromatic nitrogens is 3. The van der Waals surface area contributed by atoms with Crippen molar-refractivity contribution in [3.05, 3.63) is 47.5 Å². The zero-order valence-electron chi connectivity index (χ0n) is 8.72. The number of benzene rings is 1. The highest BCUT2D eigenvalue weighted by atomic mass is 15.3. The van der Waals surface area contributed by atoms with Crippen LogP contribution in [0.5, 0.6) is 0 Å². The Labute approximate surface area is 88.8 Å². The van der Waals surface area contributed by atoms with Crippen LogP contribution in [0.2, 0.25) is 0 Å². The quantitative estimate of drug-likeness (QED) is 0.803. The first-order chi connectivity index (χ1) is 7.31. The fourth-order valence-corrected chi connectivity index (χ4v) is 1.58. The molecule has 0 saturated heterocycles. The molecule has 1 aromatic heterocycles. The van der Waals surface area contributed by atoms with Crippen molar-refractivity contribution in [2.24, 2.45) is 12.8 Å². The van der Waals surface area contributed by atoms with Gasteiger partial charge in [0, 0.05) is 20.0 Å². The Morgan fingerprint density at radius 3 is 2.60 bits per heavy atom. The van der Waals surface area contributed by atoms with Gasteiger partial charge in [-0.1, -0.05) is 24.3 Å². The lowest BCUT2D eigenvalue weighted by Crippen LogP contribution is -2.05. The average molecular weight is 202 g/mol. The van der Waals surface area contributed by atoms with Gasteiger partial charge in [-0.2, -0.15) is 5.10 Å². The van der Waals surface area contributed by atoms with Gasteiger partial charge in [0.05, 0.1) is 0 Å². The third-order valence-electron chi connectivity index (χ3n) is 2.49. The summed E-state index contributed by atoms with van der Waals surface area (Å²) in [6.45, 7) is 0.564. The van der Waals surface area contributed by atoms with Crippen molar-refractivity contribution < 1.29 is 0 Å². The van der Waals surface area contributed by atoms with Crippen LogP contribution in [-0.2, 0) is 20.0 Å². The molecule has 0 spiro atoms. The summed E-state index contributed by atoms with van der Waals surface area (Å²) in [7, 11) is 1.90. The van der Waals surface area contributed by atoms with E-state index in [-0.39, 0.29) is 0 Å². The molecule has 0 fully saturated rings. The smallest absolute Gasteiger partial charge is 0.138 e. The molecule has 0 bridgehead atoms. The minimum atomic E-state index is 0.564. The van der Waals surface area contributed by atoms with Gasteiger partial charge >= 0.3 is 0 Å². The highest BCUT2D eigenvalue weighted by molar-refractivity contribution is 5.29. The van der Waals surface area contributed by atoms with Crippen LogP contribution in [0.25, 0.3) is 0 Å². The Balaban J connectivity index is 2.28. The van der Waals surface area contributed by atoms with Gasteiger partial charge in [-0.15, -0.1) is 0 Å². The number of rotatable bonds is 3. The lowest BCUT2D eigenvalue weighted by molar-refractivity contribution is 0.714. The number of hydrogen-bond acceptors (Lipinski definition) is 3. The maximum atomic E-state index is 5.67. The number of nitrogens with zero attached hydrogens (tertiary/aromatic N) is 3. The molecule has 0 amide bonds. The van der Waals surface area contributed by atoms with Crippen molar-refractivity contribution in [1.29, 1.82) is 0 Å². The Morgan fingerprint density at radius 1 is 1.27 bits per heavy atom. The fourth-order valence-electron chi connectivity index (χ4n) is 1.58. The summed E-state index contributed by atoms with van der Waals surface area (Å²) in [4.78, 5) is 4.20. The molecule has 0 aliphatic rings. The van der Waals surface area contributed by atoms with Gasteiger partial charge in [-0.25, -0.2) is 4.98 Å². The normalized spacial score (nSPS) is 10.5. The molecule has 0 unspecified atom stereocenters. The predicted molar refractivity (Wildman–Crippen MR) is 58.1 cm³/mol. The molecule has 78 valence electrons. The SMILES string of the molecule is Cn1ncnc1Cc1ccccc1CN. The van der Waals surface area contributed by atoms with E-state index >= 15 is 0 Å². The van der Waals surface area contributed by atoms with Crippen LogP contribution in [-0.4, -0.2) is 14.8 Å². The first-order valence-corrected chi connectivity index (χ1v) is 4.91. The van der Waals surface area contributed by atoms with Crippen LogP contribution in [0.3, 0.4) is 0 Å². The van der Waals surface area contributed by atoms with Gasteiger partial charge in [-0.05, 0) is 11.1 Å². The van der Waals surface area contributed by atoms with E-state index in [1.807, 2.05) is 25.2 Å². The standard InChI is InChI=1S/C11H14N4/c1-15-11(13-8-14-15)6-9-4-2-3-5-10(9)7-12/h2-5,8H,6-7,12H2,1H3. The Morgan fingerprint density at radius 2 is 2.00 bits per heavy atom. The summed E-state index contributed by atoms with van der Waals surface area (Å²) in [5.41, 5.74) is 8.06. The third kappa shape index (κ3) is 2.05. The highest BCUT2D eigenvalue weighted by Crippen LogP contribution is 2.11. The number of aryl methyl sites for hydroxylation is 1. The molecule has 1 heterocycles. The molecule has 0 radical (unpaired) electrons. The van der Waals surface area contributed by atoms with Crippen LogP contribution in [0.4, 0.5) is 0 Å². The van der Waals surface area contributed by atoms with Crippen LogP contribution in [0, 0.1) is 0 Å². The largest absolute Gasteiger partial charge is 0.326 e. The van der Waals surface area contributed by atoms with Crippen molar-refractivity contribution in [2.45, 2.75) is 13.0 Å². The predicted octanol–water partition coefficient (Wildman–Crippen LogP) is 0.865. The highest BCUT2D eigenvalue weighted by Gasteiger charge is 2.05.